The molecule has 0 aliphatic heterocycles. The third kappa shape index (κ3) is 5.46. The number of carbonyl (C=O) groups is 2. The lowest BCUT2D eigenvalue weighted by atomic mass is 9.75. The van der Waals surface area contributed by atoms with E-state index in [0.29, 0.717) is 0 Å². The summed E-state index contributed by atoms with van der Waals surface area (Å²) in [7, 11) is 0. The fraction of sp³-hybridized carbons (Fsp3) is 0.846. The average Bonchev–Trinajstić information content (AvgIpc) is 2.26. The molecule has 4 N–H and O–H groups in total. The van der Waals surface area contributed by atoms with Gasteiger partial charge in [-0.25, -0.2) is 9.59 Å². The van der Waals surface area contributed by atoms with Crippen molar-refractivity contribution in [3.05, 3.63) is 0 Å². The average molecular weight is 272 g/mol. The molecule has 2 atom stereocenters. The predicted octanol–water partition coefficient (Wildman–Crippen LogP) is 1.09. The molecule has 0 aromatic heterocycles. The number of urea groups is 1. The van der Waals surface area contributed by atoms with E-state index in [2.05, 4.69) is 24.5 Å². The van der Waals surface area contributed by atoms with Crippen molar-refractivity contribution in [1.82, 2.24) is 10.6 Å². The van der Waals surface area contributed by atoms with Gasteiger partial charge in [0, 0.05) is 19.1 Å². The van der Waals surface area contributed by atoms with Gasteiger partial charge in [-0.05, 0) is 24.7 Å². The minimum Gasteiger partial charge on any atom is -0.480 e. The van der Waals surface area contributed by atoms with E-state index in [1.54, 1.807) is 0 Å². The summed E-state index contributed by atoms with van der Waals surface area (Å²) in [5, 5.41) is 22.8. The Kier molecular flexibility index (Phi) is 5.60. The second kappa shape index (κ2) is 6.75. The molecular weight excluding hydrogens is 248 g/mol. The maximum absolute atomic E-state index is 11.7. The maximum Gasteiger partial charge on any atom is 0.326 e. The third-order valence-corrected chi connectivity index (χ3v) is 3.56. The van der Waals surface area contributed by atoms with Crippen LogP contribution in [0.1, 0.15) is 46.0 Å². The number of carboxylic acid groups (broad SMARTS) is 1. The van der Waals surface area contributed by atoms with Crippen LogP contribution in [-0.4, -0.2) is 40.9 Å². The van der Waals surface area contributed by atoms with Gasteiger partial charge in [0.25, 0.3) is 0 Å². The first-order valence-corrected chi connectivity index (χ1v) is 6.75. The zero-order valence-electron chi connectivity index (χ0n) is 11.6. The second-order valence-electron chi connectivity index (χ2n) is 5.98. The minimum absolute atomic E-state index is 0.0128. The monoisotopic (exact) mass is 272 g/mol. The summed E-state index contributed by atoms with van der Waals surface area (Å²) < 4.78 is 0. The van der Waals surface area contributed by atoms with Crippen LogP contribution in [0, 0.1) is 5.41 Å². The standard InChI is InChI=1S/C13H24N2O4/c1-13(2)6-3-4-9(8-13)14-12(19)15-10(5-7-16)11(17)18/h9-10,16H,3-8H2,1-2H3,(H,17,18)(H2,14,15,19). The molecule has 2 amide bonds. The Morgan fingerprint density at radius 1 is 1.42 bits per heavy atom. The largest absolute Gasteiger partial charge is 0.480 e. The number of carbonyl (C=O) groups excluding carboxylic acids is 1. The fourth-order valence-corrected chi connectivity index (χ4v) is 2.59. The lowest BCUT2D eigenvalue weighted by Gasteiger charge is -2.35. The van der Waals surface area contributed by atoms with Gasteiger partial charge >= 0.3 is 12.0 Å². The molecular formula is C13H24N2O4. The van der Waals surface area contributed by atoms with Gasteiger partial charge in [0.15, 0.2) is 0 Å². The van der Waals surface area contributed by atoms with E-state index in [0.717, 1.165) is 25.7 Å². The van der Waals surface area contributed by atoms with Crippen LogP contribution < -0.4 is 10.6 Å². The van der Waals surface area contributed by atoms with Crippen molar-refractivity contribution in [2.75, 3.05) is 6.61 Å². The smallest absolute Gasteiger partial charge is 0.326 e. The van der Waals surface area contributed by atoms with E-state index in [9.17, 15) is 9.59 Å². The number of hydrogen-bond acceptors (Lipinski definition) is 3. The molecule has 0 bridgehead atoms. The molecule has 1 saturated carbocycles. The zero-order valence-corrected chi connectivity index (χ0v) is 11.6. The van der Waals surface area contributed by atoms with Crippen molar-refractivity contribution >= 4 is 12.0 Å². The molecule has 1 aliphatic rings. The minimum atomic E-state index is -1.13. The highest BCUT2D eigenvalue weighted by atomic mass is 16.4. The first-order valence-electron chi connectivity index (χ1n) is 6.75. The summed E-state index contributed by atoms with van der Waals surface area (Å²) in [6, 6.07) is -1.42. The highest BCUT2D eigenvalue weighted by molar-refractivity contribution is 5.82. The zero-order chi connectivity index (χ0) is 14.5. The predicted molar refractivity (Wildman–Crippen MR) is 70.8 cm³/mol. The lowest BCUT2D eigenvalue weighted by molar-refractivity contribution is -0.139. The van der Waals surface area contributed by atoms with E-state index in [1.165, 1.54) is 0 Å². The van der Waals surface area contributed by atoms with Crippen molar-refractivity contribution in [3.8, 4) is 0 Å². The van der Waals surface area contributed by atoms with Gasteiger partial charge in [-0.1, -0.05) is 20.3 Å². The molecule has 1 rings (SSSR count). The van der Waals surface area contributed by atoms with Gasteiger partial charge in [-0.3, -0.25) is 0 Å². The molecule has 19 heavy (non-hydrogen) atoms. The van der Waals surface area contributed by atoms with Crippen molar-refractivity contribution in [1.29, 1.82) is 0 Å². The molecule has 0 radical (unpaired) electrons. The lowest BCUT2D eigenvalue weighted by Crippen LogP contribution is -2.50. The topological polar surface area (TPSA) is 98.7 Å². The molecule has 1 aliphatic carbocycles. The van der Waals surface area contributed by atoms with Crippen molar-refractivity contribution in [2.45, 2.75) is 58.0 Å². The quantitative estimate of drug-likeness (QED) is 0.602. The second-order valence-corrected chi connectivity index (χ2v) is 5.98. The summed E-state index contributed by atoms with van der Waals surface area (Å²) in [5.74, 6) is -1.13. The van der Waals surface area contributed by atoms with E-state index in [4.69, 9.17) is 10.2 Å². The highest BCUT2D eigenvalue weighted by Crippen LogP contribution is 2.34. The van der Waals surface area contributed by atoms with Gasteiger partial charge in [0.05, 0.1) is 0 Å². The summed E-state index contributed by atoms with van der Waals surface area (Å²) in [4.78, 5) is 22.6. The van der Waals surface area contributed by atoms with Gasteiger partial charge in [-0.15, -0.1) is 0 Å². The van der Waals surface area contributed by atoms with Crippen LogP contribution in [0.4, 0.5) is 4.79 Å². The molecule has 0 spiro atoms. The molecule has 0 aromatic rings. The first kappa shape index (κ1) is 15.8. The van der Waals surface area contributed by atoms with Crippen LogP contribution in [0.5, 0.6) is 0 Å². The van der Waals surface area contributed by atoms with Crippen molar-refractivity contribution in [2.24, 2.45) is 5.41 Å². The Bertz CT molecular complexity index is 331. The fourth-order valence-electron chi connectivity index (χ4n) is 2.59. The maximum atomic E-state index is 11.7. The van der Waals surface area contributed by atoms with Crippen LogP contribution in [0.25, 0.3) is 0 Å². The Balaban J connectivity index is 2.43. The number of rotatable bonds is 5. The van der Waals surface area contributed by atoms with Crippen LogP contribution in [0.2, 0.25) is 0 Å². The van der Waals surface area contributed by atoms with E-state index >= 15 is 0 Å². The third-order valence-electron chi connectivity index (χ3n) is 3.56. The summed E-state index contributed by atoms with van der Waals surface area (Å²) in [5.41, 5.74) is 0.216. The van der Waals surface area contributed by atoms with Crippen LogP contribution in [0.15, 0.2) is 0 Å². The van der Waals surface area contributed by atoms with Gasteiger partial charge < -0.3 is 20.8 Å². The summed E-state index contributed by atoms with van der Waals surface area (Å²) in [6.07, 6.45) is 4.05. The molecule has 0 heterocycles. The highest BCUT2D eigenvalue weighted by Gasteiger charge is 2.29. The first-order chi connectivity index (χ1) is 8.84. The van der Waals surface area contributed by atoms with E-state index < -0.39 is 18.0 Å². The van der Waals surface area contributed by atoms with Crippen molar-refractivity contribution in [3.63, 3.8) is 0 Å². The molecule has 6 heteroatoms. The summed E-state index contributed by atoms with van der Waals surface area (Å²) in [6.45, 7) is 4.07. The van der Waals surface area contributed by atoms with E-state index in [-0.39, 0.29) is 24.5 Å². The normalized spacial score (nSPS) is 23.4. The number of aliphatic hydroxyl groups excluding tert-OH is 1. The number of aliphatic hydroxyl groups is 1. The van der Waals surface area contributed by atoms with Gasteiger partial charge in [-0.2, -0.15) is 0 Å². The number of aliphatic carboxylic acids is 1. The number of nitrogens with one attached hydrogen (secondary N) is 2. The molecule has 110 valence electrons. The molecule has 2 unspecified atom stereocenters. The Morgan fingerprint density at radius 3 is 2.63 bits per heavy atom. The van der Waals surface area contributed by atoms with Gasteiger partial charge in [0.2, 0.25) is 0 Å². The van der Waals surface area contributed by atoms with Crippen LogP contribution >= 0.6 is 0 Å². The molecule has 6 nitrogen and oxygen atoms in total. The Labute approximate surface area is 113 Å². The SMILES string of the molecule is CC1(C)CCCC(NC(=O)NC(CCO)C(=O)O)C1. The Morgan fingerprint density at radius 2 is 2.11 bits per heavy atom. The Hall–Kier alpha value is -1.30. The molecule has 0 aromatic carbocycles. The number of hydrogen-bond donors (Lipinski definition) is 4. The number of amides is 2. The summed E-state index contributed by atoms with van der Waals surface area (Å²) >= 11 is 0. The molecule has 1 fully saturated rings. The van der Waals surface area contributed by atoms with E-state index in [1.807, 2.05) is 0 Å². The van der Waals surface area contributed by atoms with Crippen LogP contribution in [0.3, 0.4) is 0 Å². The van der Waals surface area contributed by atoms with Crippen molar-refractivity contribution < 1.29 is 19.8 Å². The van der Waals surface area contributed by atoms with Crippen LogP contribution in [-0.2, 0) is 4.79 Å². The number of carboxylic acids is 1. The van der Waals surface area contributed by atoms with Gasteiger partial charge in [0.1, 0.15) is 6.04 Å². The molecule has 0 saturated heterocycles.